The number of rotatable bonds is 5. The molecule has 106 valence electrons. The molecule has 1 heterocycles. The van der Waals surface area contributed by atoms with Crippen molar-refractivity contribution in [1.82, 2.24) is 10.6 Å². The highest BCUT2D eigenvalue weighted by Gasteiger charge is 2.39. The summed E-state index contributed by atoms with van der Waals surface area (Å²) in [5.41, 5.74) is -0.893. The molecule has 1 aliphatic heterocycles. The van der Waals surface area contributed by atoms with Crippen molar-refractivity contribution in [2.45, 2.75) is 52.5 Å². The standard InChI is InChI=1S/C14H28N2O2/c1-5-14(4,10-17)16-12(18)13(2,3)11-7-6-8-15-9-11/h11,15,17H,5-10H2,1-4H3,(H,16,18). The summed E-state index contributed by atoms with van der Waals surface area (Å²) in [5.74, 6) is 0.417. The Labute approximate surface area is 111 Å². The lowest BCUT2D eigenvalue weighted by Crippen LogP contribution is -2.55. The zero-order valence-electron chi connectivity index (χ0n) is 12.2. The topological polar surface area (TPSA) is 61.4 Å². The second-order valence-electron chi connectivity index (χ2n) is 6.29. The third-order valence-corrected chi connectivity index (χ3v) is 4.45. The lowest BCUT2D eigenvalue weighted by atomic mass is 9.74. The molecule has 0 radical (unpaired) electrons. The van der Waals surface area contributed by atoms with Crippen LogP contribution in [0.4, 0.5) is 0 Å². The third-order valence-electron chi connectivity index (χ3n) is 4.45. The van der Waals surface area contributed by atoms with E-state index in [0.29, 0.717) is 5.92 Å². The maximum Gasteiger partial charge on any atom is 0.226 e. The third kappa shape index (κ3) is 3.45. The highest BCUT2D eigenvalue weighted by atomic mass is 16.3. The molecule has 2 atom stereocenters. The second kappa shape index (κ2) is 6.02. The number of hydrogen-bond donors (Lipinski definition) is 3. The number of carbonyl (C=O) groups is 1. The van der Waals surface area contributed by atoms with E-state index in [2.05, 4.69) is 10.6 Å². The van der Waals surface area contributed by atoms with Crippen molar-refractivity contribution in [3.05, 3.63) is 0 Å². The minimum Gasteiger partial charge on any atom is -0.394 e. The smallest absolute Gasteiger partial charge is 0.226 e. The van der Waals surface area contributed by atoms with Crippen molar-refractivity contribution in [2.24, 2.45) is 11.3 Å². The highest BCUT2D eigenvalue weighted by Crippen LogP contribution is 2.32. The zero-order chi connectivity index (χ0) is 13.8. The van der Waals surface area contributed by atoms with Gasteiger partial charge in [0.15, 0.2) is 0 Å². The first kappa shape index (κ1) is 15.4. The number of hydrogen-bond acceptors (Lipinski definition) is 3. The summed E-state index contributed by atoms with van der Waals surface area (Å²) >= 11 is 0. The molecular formula is C14H28N2O2. The molecule has 0 saturated carbocycles. The van der Waals surface area contributed by atoms with Gasteiger partial charge in [0.25, 0.3) is 0 Å². The van der Waals surface area contributed by atoms with Gasteiger partial charge in [0, 0.05) is 5.41 Å². The van der Waals surface area contributed by atoms with Gasteiger partial charge in [-0.2, -0.15) is 0 Å². The molecule has 0 aromatic heterocycles. The summed E-state index contributed by atoms with van der Waals surface area (Å²) < 4.78 is 0. The summed E-state index contributed by atoms with van der Waals surface area (Å²) in [4.78, 5) is 12.4. The summed E-state index contributed by atoms with van der Waals surface area (Å²) in [7, 11) is 0. The zero-order valence-corrected chi connectivity index (χ0v) is 12.2. The van der Waals surface area contributed by atoms with Crippen LogP contribution in [0.3, 0.4) is 0 Å². The Morgan fingerprint density at radius 3 is 2.56 bits per heavy atom. The van der Waals surface area contributed by atoms with Gasteiger partial charge in [0.2, 0.25) is 5.91 Å². The van der Waals surface area contributed by atoms with Crippen molar-refractivity contribution in [3.8, 4) is 0 Å². The second-order valence-corrected chi connectivity index (χ2v) is 6.29. The molecule has 0 aromatic carbocycles. The summed E-state index contributed by atoms with van der Waals surface area (Å²) in [6, 6.07) is 0. The Hall–Kier alpha value is -0.610. The van der Waals surface area contributed by atoms with Crippen LogP contribution in [0.5, 0.6) is 0 Å². The first-order valence-corrected chi connectivity index (χ1v) is 7.00. The predicted octanol–water partition coefficient (Wildman–Crippen LogP) is 1.29. The van der Waals surface area contributed by atoms with Crippen molar-refractivity contribution < 1.29 is 9.90 Å². The van der Waals surface area contributed by atoms with Gasteiger partial charge in [-0.05, 0) is 45.2 Å². The van der Waals surface area contributed by atoms with Gasteiger partial charge in [-0.3, -0.25) is 4.79 Å². The molecule has 1 aliphatic rings. The minimum atomic E-state index is -0.504. The van der Waals surface area contributed by atoms with Crippen molar-refractivity contribution in [2.75, 3.05) is 19.7 Å². The van der Waals surface area contributed by atoms with Crippen LogP contribution < -0.4 is 10.6 Å². The van der Waals surface area contributed by atoms with E-state index in [1.54, 1.807) is 0 Å². The molecule has 2 unspecified atom stereocenters. The molecule has 3 N–H and O–H groups in total. The predicted molar refractivity (Wildman–Crippen MR) is 73.3 cm³/mol. The van der Waals surface area contributed by atoms with Crippen LogP contribution in [0.25, 0.3) is 0 Å². The summed E-state index contributed by atoms with van der Waals surface area (Å²) in [6.07, 6.45) is 2.95. The Kier molecular flexibility index (Phi) is 5.17. The molecule has 1 amide bonds. The number of piperidine rings is 1. The molecule has 18 heavy (non-hydrogen) atoms. The van der Waals surface area contributed by atoms with Crippen molar-refractivity contribution >= 4 is 5.91 Å². The summed E-state index contributed by atoms with van der Waals surface area (Å²) in [6.45, 7) is 9.82. The van der Waals surface area contributed by atoms with Crippen LogP contribution in [-0.2, 0) is 4.79 Å². The van der Waals surface area contributed by atoms with Crippen LogP contribution in [0, 0.1) is 11.3 Å². The quantitative estimate of drug-likeness (QED) is 0.694. The fourth-order valence-electron chi connectivity index (χ4n) is 2.33. The Bertz CT molecular complexity index is 280. The van der Waals surface area contributed by atoms with Gasteiger partial charge < -0.3 is 15.7 Å². The van der Waals surface area contributed by atoms with Gasteiger partial charge in [-0.25, -0.2) is 0 Å². The average molecular weight is 256 g/mol. The Morgan fingerprint density at radius 1 is 1.44 bits per heavy atom. The lowest BCUT2D eigenvalue weighted by Gasteiger charge is -2.39. The Balaban J connectivity index is 2.68. The molecule has 4 nitrogen and oxygen atoms in total. The molecule has 0 aromatic rings. The SMILES string of the molecule is CCC(C)(CO)NC(=O)C(C)(C)C1CCCNC1. The Morgan fingerprint density at radius 2 is 2.11 bits per heavy atom. The van der Waals surface area contributed by atoms with Crippen LogP contribution in [0.2, 0.25) is 0 Å². The van der Waals surface area contributed by atoms with Gasteiger partial charge in [0.05, 0.1) is 12.1 Å². The molecular weight excluding hydrogens is 228 g/mol. The highest BCUT2D eigenvalue weighted by molar-refractivity contribution is 5.82. The molecule has 1 fully saturated rings. The van der Waals surface area contributed by atoms with Gasteiger partial charge in [-0.1, -0.05) is 20.8 Å². The van der Waals surface area contributed by atoms with Gasteiger partial charge in [-0.15, -0.1) is 0 Å². The van der Waals surface area contributed by atoms with Crippen molar-refractivity contribution in [1.29, 1.82) is 0 Å². The molecule has 0 spiro atoms. The first-order valence-electron chi connectivity index (χ1n) is 7.00. The van der Waals surface area contributed by atoms with E-state index in [9.17, 15) is 9.90 Å². The van der Waals surface area contributed by atoms with E-state index in [1.165, 1.54) is 0 Å². The van der Waals surface area contributed by atoms with E-state index in [1.807, 2.05) is 27.7 Å². The maximum absolute atomic E-state index is 12.4. The van der Waals surface area contributed by atoms with Crippen LogP contribution in [-0.4, -0.2) is 36.2 Å². The maximum atomic E-state index is 12.4. The van der Waals surface area contributed by atoms with E-state index in [-0.39, 0.29) is 17.9 Å². The average Bonchev–Trinajstić information content (AvgIpc) is 2.39. The number of nitrogens with one attached hydrogen (secondary N) is 2. The first-order chi connectivity index (χ1) is 8.35. The molecule has 0 aliphatic carbocycles. The summed E-state index contributed by atoms with van der Waals surface area (Å²) in [5, 5.41) is 15.8. The fourth-order valence-corrected chi connectivity index (χ4v) is 2.33. The van der Waals surface area contributed by atoms with E-state index in [4.69, 9.17) is 0 Å². The van der Waals surface area contributed by atoms with Crippen LogP contribution in [0.1, 0.15) is 47.0 Å². The minimum absolute atomic E-state index is 0.0196. The van der Waals surface area contributed by atoms with Crippen molar-refractivity contribution in [3.63, 3.8) is 0 Å². The number of aliphatic hydroxyl groups is 1. The fraction of sp³-hybridized carbons (Fsp3) is 0.929. The van der Waals surface area contributed by atoms with E-state index in [0.717, 1.165) is 32.4 Å². The number of amides is 1. The molecule has 4 heteroatoms. The molecule has 1 saturated heterocycles. The molecule has 0 bridgehead atoms. The van der Waals surface area contributed by atoms with E-state index < -0.39 is 5.54 Å². The molecule has 1 rings (SSSR count). The lowest BCUT2D eigenvalue weighted by molar-refractivity contribution is -0.135. The monoisotopic (exact) mass is 256 g/mol. The largest absolute Gasteiger partial charge is 0.394 e. The number of aliphatic hydroxyl groups excluding tert-OH is 1. The van der Waals surface area contributed by atoms with E-state index >= 15 is 0 Å². The van der Waals surface area contributed by atoms with Crippen LogP contribution >= 0.6 is 0 Å². The van der Waals surface area contributed by atoms with Gasteiger partial charge in [0.1, 0.15) is 0 Å². The number of carbonyl (C=O) groups excluding carboxylic acids is 1. The van der Waals surface area contributed by atoms with Crippen LogP contribution in [0.15, 0.2) is 0 Å². The normalized spacial score (nSPS) is 24.4. The van der Waals surface area contributed by atoms with Gasteiger partial charge >= 0.3 is 0 Å².